The smallest absolute Gasteiger partial charge is 0.251 e. The van der Waals surface area contributed by atoms with Gasteiger partial charge >= 0.3 is 0 Å². The van der Waals surface area contributed by atoms with Crippen LogP contribution in [0.25, 0.3) is 0 Å². The molecule has 1 aromatic heterocycles. The molecule has 1 heterocycles. The van der Waals surface area contributed by atoms with E-state index in [2.05, 4.69) is 10.3 Å². The first-order valence-corrected chi connectivity index (χ1v) is 9.14. The van der Waals surface area contributed by atoms with Crippen molar-refractivity contribution in [3.05, 3.63) is 89.2 Å². The fourth-order valence-corrected chi connectivity index (χ4v) is 2.86. The van der Waals surface area contributed by atoms with Crippen LogP contribution in [0.4, 0.5) is 0 Å². The van der Waals surface area contributed by atoms with Gasteiger partial charge in [0.05, 0.1) is 13.2 Å². The molecule has 1 unspecified atom stereocenters. The molecule has 144 valence electrons. The number of amides is 1. The number of aromatic nitrogens is 1. The fraction of sp³-hybridized carbons (Fsp3) is 0.217. The number of hydrogen-bond donors (Lipinski definition) is 1. The van der Waals surface area contributed by atoms with E-state index in [9.17, 15) is 4.79 Å². The number of methoxy groups -OCH3 is 1. The highest BCUT2D eigenvalue weighted by Crippen LogP contribution is 2.31. The first kappa shape index (κ1) is 19.4. The second kappa shape index (κ2) is 9.04. The Morgan fingerprint density at radius 2 is 1.86 bits per heavy atom. The summed E-state index contributed by atoms with van der Waals surface area (Å²) in [6.45, 7) is 4.34. The Balaban J connectivity index is 1.69. The molecule has 0 saturated carbocycles. The van der Waals surface area contributed by atoms with E-state index in [1.807, 2.05) is 68.4 Å². The maximum absolute atomic E-state index is 12.5. The minimum absolute atomic E-state index is 0.104. The van der Waals surface area contributed by atoms with Crippen molar-refractivity contribution >= 4 is 5.91 Å². The maximum atomic E-state index is 12.5. The van der Waals surface area contributed by atoms with E-state index in [1.165, 1.54) is 0 Å². The first-order chi connectivity index (χ1) is 13.6. The number of aryl methyl sites for hydroxylation is 1. The zero-order valence-electron chi connectivity index (χ0n) is 16.3. The molecule has 0 bridgehead atoms. The van der Waals surface area contributed by atoms with Crippen molar-refractivity contribution in [1.29, 1.82) is 0 Å². The van der Waals surface area contributed by atoms with Gasteiger partial charge in [0.1, 0.15) is 6.61 Å². The van der Waals surface area contributed by atoms with E-state index >= 15 is 0 Å². The summed E-state index contributed by atoms with van der Waals surface area (Å²) in [5.74, 6) is 1.18. The molecule has 5 heteroatoms. The molecule has 3 rings (SSSR count). The molecule has 0 aliphatic carbocycles. The molecule has 1 atom stereocenters. The highest BCUT2D eigenvalue weighted by atomic mass is 16.5. The van der Waals surface area contributed by atoms with Gasteiger partial charge in [0, 0.05) is 18.0 Å². The Bertz CT molecular complexity index is 942. The van der Waals surface area contributed by atoms with Gasteiger partial charge < -0.3 is 14.8 Å². The van der Waals surface area contributed by atoms with Gasteiger partial charge in [-0.15, -0.1) is 0 Å². The zero-order chi connectivity index (χ0) is 19.9. The number of pyridine rings is 1. The molecular formula is C23H24N2O3. The van der Waals surface area contributed by atoms with Gasteiger partial charge in [-0.1, -0.05) is 23.8 Å². The lowest BCUT2D eigenvalue weighted by Crippen LogP contribution is -2.26. The fourth-order valence-electron chi connectivity index (χ4n) is 2.86. The number of nitrogens with one attached hydrogen (secondary N) is 1. The van der Waals surface area contributed by atoms with Crippen molar-refractivity contribution in [3.8, 4) is 11.5 Å². The molecular weight excluding hydrogens is 352 g/mol. The van der Waals surface area contributed by atoms with E-state index in [4.69, 9.17) is 9.47 Å². The van der Waals surface area contributed by atoms with Gasteiger partial charge in [0.2, 0.25) is 0 Å². The molecule has 0 aliphatic heterocycles. The van der Waals surface area contributed by atoms with Crippen molar-refractivity contribution in [3.63, 3.8) is 0 Å². The molecule has 28 heavy (non-hydrogen) atoms. The van der Waals surface area contributed by atoms with Gasteiger partial charge in [0.25, 0.3) is 5.91 Å². The summed E-state index contributed by atoms with van der Waals surface area (Å²) in [5, 5.41) is 3.03. The van der Waals surface area contributed by atoms with E-state index in [1.54, 1.807) is 19.5 Å². The van der Waals surface area contributed by atoms with Crippen molar-refractivity contribution in [2.45, 2.75) is 26.5 Å². The third-order valence-corrected chi connectivity index (χ3v) is 4.46. The highest BCUT2D eigenvalue weighted by Gasteiger charge is 2.14. The van der Waals surface area contributed by atoms with Crippen molar-refractivity contribution < 1.29 is 14.3 Å². The summed E-state index contributed by atoms with van der Waals surface area (Å²) in [6, 6.07) is 16.9. The van der Waals surface area contributed by atoms with Crippen LogP contribution < -0.4 is 14.8 Å². The Morgan fingerprint density at radius 3 is 2.57 bits per heavy atom. The van der Waals surface area contributed by atoms with Gasteiger partial charge in [-0.2, -0.15) is 0 Å². The van der Waals surface area contributed by atoms with Gasteiger partial charge in [0.15, 0.2) is 11.5 Å². The van der Waals surface area contributed by atoms with Crippen molar-refractivity contribution in [1.82, 2.24) is 10.3 Å². The Hall–Kier alpha value is -3.34. The summed E-state index contributed by atoms with van der Waals surface area (Å²) in [5.41, 5.74) is 3.67. The molecule has 0 fully saturated rings. The summed E-state index contributed by atoms with van der Waals surface area (Å²) in [6.07, 6.45) is 3.47. The Morgan fingerprint density at radius 1 is 1.07 bits per heavy atom. The summed E-state index contributed by atoms with van der Waals surface area (Å²) in [7, 11) is 1.61. The van der Waals surface area contributed by atoms with Crippen LogP contribution in [0.2, 0.25) is 0 Å². The van der Waals surface area contributed by atoms with Crippen LogP contribution in [0, 0.1) is 6.92 Å². The monoisotopic (exact) mass is 376 g/mol. The minimum atomic E-state index is -0.170. The van der Waals surface area contributed by atoms with Gasteiger partial charge in [-0.25, -0.2) is 0 Å². The average Bonchev–Trinajstić information content (AvgIpc) is 2.72. The maximum Gasteiger partial charge on any atom is 0.251 e. The summed E-state index contributed by atoms with van der Waals surface area (Å²) >= 11 is 0. The second-order valence-corrected chi connectivity index (χ2v) is 6.62. The molecule has 0 aliphatic rings. The number of nitrogens with zero attached hydrogens (tertiary/aromatic N) is 1. The van der Waals surface area contributed by atoms with E-state index in [-0.39, 0.29) is 11.9 Å². The standard InChI is InChI=1S/C23H24N2O3/c1-16-5-4-6-20(13-16)23(26)25-17(2)19-7-8-21(22(14-19)27-3)28-15-18-9-11-24-12-10-18/h4-14,17H,15H2,1-3H3,(H,25,26). The quantitative estimate of drug-likeness (QED) is 0.661. The lowest BCUT2D eigenvalue weighted by atomic mass is 10.1. The average molecular weight is 376 g/mol. The topological polar surface area (TPSA) is 60.5 Å². The van der Waals surface area contributed by atoms with Crippen LogP contribution in [0.15, 0.2) is 67.0 Å². The number of carbonyl (C=O) groups excluding carboxylic acids is 1. The molecule has 3 aromatic rings. The van der Waals surface area contributed by atoms with Crippen LogP contribution in [-0.2, 0) is 6.61 Å². The van der Waals surface area contributed by atoms with E-state index < -0.39 is 0 Å². The molecule has 1 N–H and O–H groups in total. The van der Waals surface area contributed by atoms with Crippen LogP contribution in [0.1, 0.15) is 40.0 Å². The molecule has 5 nitrogen and oxygen atoms in total. The van der Waals surface area contributed by atoms with Crippen molar-refractivity contribution in [2.24, 2.45) is 0 Å². The zero-order valence-corrected chi connectivity index (χ0v) is 16.3. The number of hydrogen-bond acceptors (Lipinski definition) is 4. The molecule has 0 spiro atoms. The summed E-state index contributed by atoms with van der Waals surface area (Å²) in [4.78, 5) is 16.5. The van der Waals surface area contributed by atoms with Crippen LogP contribution in [0.5, 0.6) is 11.5 Å². The minimum Gasteiger partial charge on any atom is -0.493 e. The Kier molecular flexibility index (Phi) is 6.27. The van der Waals surface area contributed by atoms with Gasteiger partial charge in [-0.3, -0.25) is 9.78 Å². The van der Waals surface area contributed by atoms with Crippen LogP contribution in [0.3, 0.4) is 0 Å². The number of rotatable bonds is 7. The third kappa shape index (κ3) is 4.88. The summed E-state index contributed by atoms with van der Waals surface area (Å²) < 4.78 is 11.4. The number of ether oxygens (including phenoxy) is 2. The van der Waals surface area contributed by atoms with Crippen LogP contribution in [-0.4, -0.2) is 18.0 Å². The predicted molar refractivity (Wildman–Crippen MR) is 109 cm³/mol. The molecule has 0 saturated heterocycles. The predicted octanol–water partition coefficient (Wildman–Crippen LogP) is 4.47. The first-order valence-electron chi connectivity index (χ1n) is 9.14. The molecule has 0 radical (unpaired) electrons. The lowest BCUT2D eigenvalue weighted by Gasteiger charge is -2.17. The highest BCUT2D eigenvalue weighted by molar-refractivity contribution is 5.94. The molecule has 1 amide bonds. The van der Waals surface area contributed by atoms with Gasteiger partial charge in [-0.05, 0) is 61.4 Å². The normalized spacial score (nSPS) is 11.5. The lowest BCUT2D eigenvalue weighted by molar-refractivity contribution is 0.0939. The van der Waals surface area contributed by atoms with E-state index in [0.717, 1.165) is 16.7 Å². The van der Waals surface area contributed by atoms with Crippen molar-refractivity contribution in [2.75, 3.05) is 7.11 Å². The Labute approximate surface area is 165 Å². The third-order valence-electron chi connectivity index (χ3n) is 4.46. The van der Waals surface area contributed by atoms with E-state index in [0.29, 0.717) is 23.7 Å². The van der Waals surface area contributed by atoms with Crippen LogP contribution >= 0.6 is 0 Å². The SMILES string of the molecule is COc1cc(C(C)NC(=O)c2cccc(C)c2)ccc1OCc1ccncc1. The second-order valence-electron chi connectivity index (χ2n) is 6.62. The largest absolute Gasteiger partial charge is 0.493 e. The molecule has 2 aromatic carbocycles. The number of carbonyl (C=O) groups is 1. The number of benzene rings is 2.